The number of sulfonamides is 1. The number of halogens is 4. The molecule has 0 radical (unpaired) electrons. The van der Waals surface area contributed by atoms with Gasteiger partial charge in [0.05, 0.1) is 11.8 Å². The van der Waals surface area contributed by atoms with Gasteiger partial charge in [-0.15, -0.1) is 0 Å². The van der Waals surface area contributed by atoms with Gasteiger partial charge in [0.25, 0.3) is 0 Å². The number of alkyl halides is 3. The van der Waals surface area contributed by atoms with Gasteiger partial charge in [-0.1, -0.05) is 0 Å². The van der Waals surface area contributed by atoms with Crippen LogP contribution in [0, 0.1) is 11.7 Å². The molecule has 10 heteroatoms. The average Bonchev–Trinajstić information content (AvgIpc) is 2.46. The average molecular weight is 369 g/mol. The van der Waals surface area contributed by atoms with Crippen molar-refractivity contribution in [3.05, 3.63) is 23.6 Å². The van der Waals surface area contributed by atoms with E-state index in [2.05, 4.69) is 4.98 Å². The van der Waals surface area contributed by atoms with Crippen molar-refractivity contribution in [3.63, 3.8) is 0 Å². The molecule has 24 heavy (non-hydrogen) atoms. The normalized spacial score (nSPS) is 17.5. The molecule has 0 saturated carbocycles. The zero-order chi connectivity index (χ0) is 18.1. The minimum atomic E-state index is -4.63. The molecule has 1 saturated heterocycles. The molecule has 0 atom stereocenters. The van der Waals surface area contributed by atoms with Gasteiger partial charge in [0, 0.05) is 32.9 Å². The second-order valence-electron chi connectivity index (χ2n) is 6.00. The summed E-state index contributed by atoms with van der Waals surface area (Å²) in [7, 11) is -1.75. The van der Waals surface area contributed by atoms with Crippen LogP contribution < -0.4 is 4.90 Å². The zero-order valence-electron chi connectivity index (χ0n) is 13.3. The summed E-state index contributed by atoms with van der Waals surface area (Å²) in [5, 5.41) is 0. The van der Waals surface area contributed by atoms with Crippen LogP contribution in [0.1, 0.15) is 18.4 Å². The van der Waals surface area contributed by atoms with Crippen molar-refractivity contribution in [2.75, 3.05) is 37.8 Å². The van der Waals surface area contributed by atoms with Crippen LogP contribution in [-0.4, -0.2) is 50.6 Å². The highest BCUT2D eigenvalue weighted by atomic mass is 32.2. The fourth-order valence-corrected chi connectivity index (χ4v) is 3.13. The standard InChI is InChI=1S/C14H19F4N3O2S/c1-20(24(2,22)23)9-10-3-5-21(6-4-10)13-12(15)7-11(8-19-13)14(16,17)18/h7-8,10H,3-6,9H2,1-2H3. The Labute approximate surface area is 138 Å². The molecule has 2 rings (SSSR count). The van der Waals surface area contributed by atoms with E-state index in [9.17, 15) is 26.0 Å². The maximum Gasteiger partial charge on any atom is 0.417 e. The van der Waals surface area contributed by atoms with Crippen molar-refractivity contribution in [3.8, 4) is 0 Å². The van der Waals surface area contributed by atoms with E-state index in [-0.39, 0.29) is 11.7 Å². The first-order valence-electron chi connectivity index (χ1n) is 7.37. The van der Waals surface area contributed by atoms with E-state index in [0.29, 0.717) is 44.7 Å². The van der Waals surface area contributed by atoms with Gasteiger partial charge in [0.2, 0.25) is 10.0 Å². The van der Waals surface area contributed by atoms with Crippen molar-refractivity contribution in [2.45, 2.75) is 19.0 Å². The van der Waals surface area contributed by atoms with Crippen LogP contribution in [0.4, 0.5) is 23.4 Å². The molecule has 1 aromatic heterocycles. The van der Waals surface area contributed by atoms with Gasteiger partial charge >= 0.3 is 6.18 Å². The Morgan fingerprint density at radius 1 is 1.33 bits per heavy atom. The second-order valence-corrected chi connectivity index (χ2v) is 8.09. The van der Waals surface area contributed by atoms with Gasteiger partial charge in [-0.2, -0.15) is 13.2 Å². The number of piperidine rings is 1. The number of pyridine rings is 1. The molecule has 1 aliphatic heterocycles. The highest BCUT2D eigenvalue weighted by Crippen LogP contribution is 2.32. The summed E-state index contributed by atoms with van der Waals surface area (Å²) >= 11 is 0. The predicted octanol–water partition coefficient (Wildman–Crippen LogP) is 2.35. The Morgan fingerprint density at radius 3 is 2.38 bits per heavy atom. The highest BCUT2D eigenvalue weighted by molar-refractivity contribution is 7.88. The summed E-state index contributed by atoms with van der Waals surface area (Å²) in [6.07, 6.45) is -1.65. The number of nitrogens with zero attached hydrogens (tertiary/aromatic N) is 3. The first-order valence-corrected chi connectivity index (χ1v) is 9.22. The number of aromatic nitrogens is 1. The molecule has 0 aliphatic carbocycles. The molecular weight excluding hydrogens is 350 g/mol. The van der Waals surface area contributed by atoms with Gasteiger partial charge in [-0.25, -0.2) is 22.1 Å². The summed E-state index contributed by atoms with van der Waals surface area (Å²) < 4.78 is 75.6. The van der Waals surface area contributed by atoms with E-state index in [1.807, 2.05) is 0 Å². The topological polar surface area (TPSA) is 53.5 Å². The van der Waals surface area contributed by atoms with E-state index >= 15 is 0 Å². The lowest BCUT2D eigenvalue weighted by Gasteiger charge is -2.34. The lowest BCUT2D eigenvalue weighted by molar-refractivity contribution is -0.138. The Hall–Kier alpha value is -1.42. The van der Waals surface area contributed by atoms with Crippen molar-refractivity contribution >= 4 is 15.8 Å². The van der Waals surface area contributed by atoms with E-state index in [4.69, 9.17) is 0 Å². The third-order valence-electron chi connectivity index (χ3n) is 4.14. The van der Waals surface area contributed by atoms with Crippen molar-refractivity contribution in [1.82, 2.24) is 9.29 Å². The van der Waals surface area contributed by atoms with E-state index in [1.165, 1.54) is 11.4 Å². The lowest BCUT2D eigenvalue weighted by Crippen LogP contribution is -2.39. The number of anilines is 1. The van der Waals surface area contributed by atoms with Gasteiger partial charge < -0.3 is 4.90 Å². The van der Waals surface area contributed by atoms with Gasteiger partial charge in [0.15, 0.2) is 11.6 Å². The Bertz CT molecular complexity index is 686. The summed E-state index contributed by atoms with van der Waals surface area (Å²) in [4.78, 5) is 5.21. The third kappa shape index (κ3) is 4.56. The molecule has 1 fully saturated rings. The van der Waals surface area contributed by atoms with Crippen LogP contribution >= 0.6 is 0 Å². The molecular formula is C14H19F4N3O2S. The van der Waals surface area contributed by atoms with Crippen LogP contribution in [0.15, 0.2) is 12.3 Å². The highest BCUT2D eigenvalue weighted by Gasteiger charge is 2.33. The van der Waals surface area contributed by atoms with Crippen molar-refractivity contribution in [2.24, 2.45) is 5.92 Å². The first kappa shape index (κ1) is 18.9. The molecule has 0 unspecified atom stereocenters. The molecule has 0 amide bonds. The van der Waals surface area contributed by atoms with Gasteiger partial charge in [0.1, 0.15) is 0 Å². The van der Waals surface area contributed by atoms with E-state index in [1.54, 1.807) is 4.90 Å². The first-order chi connectivity index (χ1) is 11.0. The van der Waals surface area contributed by atoms with Crippen LogP contribution in [0.5, 0.6) is 0 Å². The third-order valence-corrected chi connectivity index (χ3v) is 5.43. The maximum atomic E-state index is 13.9. The predicted molar refractivity (Wildman–Crippen MR) is 81.6 cm³/mol. The molecule has 0 N–H and O–H groups in total. The summed E-state index contributed by atoms with van der Waals surface area (Å²) in [5.41, 5.74) is -1.12. The summed E-state index contributed by atoms with van der Waals surface area (Å²) in [6, 6.07) is 0.450. The number of hydrogen-bond donors (Lipinski definition) is 0. The fraction of sp³-hybridized carbons (Fsp3) is 0.643. The van der Waals surface area contributed by atoms with Crippen LogP contribution in [-0.2, 0) is 16.2 Å². The van der Waals surface area contributed by atoms with Crippen molar-refractivity contribution in [1.29, 1.82) is 0 Å². The molecule has 0 aromatic carbocycles. The molecule has 2 heterocycles. The SMILES string of the molecule is CN(CC1CCN(c2ncc(C(F)(F)F)cc2F)CC1)S(C)(=O)=O. The molecule has 0 spiro atoms. The molecule has 1 aromatic rings. The quantitative estimate of drug-likeness (QED) is 0.765. The Balaban J connectivity index is 2.00. The number of rotatable bonds is 4. The van der Waals surface area contributed by atoms with E-state index < -0.39 is 27.6 Å². The zero-order valence-corrected chi connectivity index (χ0v) is 14.2. The molecule has 136 valence electrons. The lowest BCUT2D eigenvalue weighted by atomic mass is 9.97. The largest absolute Gasteiger partial charge is 0.417 e. The van der Waals surface area contributed by atoms with Crippen LogP contribution in [0.25, 0.3) is 0 Å². The fourth-order valence-electron chi connectivity index (χ4n) is 2.64. The van der Waals surface area contributed by atoms with E-state index in [0.717, 1.165) is 6.26 Å². The maximum absolute atomic E-state index is 13.9. The second kappa shape index (κ2) is 6.83. The molecule has 0 bridgehead atoms. The molecule has 5 nitrogen and oxygen atoms in total. The summed E-state index contributed by atoms with van der Waals surface area (Å²) in [5.74, 6) is -0.979. The van der Waals surface area contributed by atoms with Gasteiger partial charge in [-0.3, -0.25) is 0 Å². The Morgan fingerprint density at radius 2 is 1.92 bits per heavy atom. The van der Waals surface area contributed by atoms with Crippen LogP contribution in [0.3, 0.4) is 0 Å². The smallest absolute Gasteiger partial charge is 0.354 e. The monoisotopic (exact) mass is 369 g/mol. The van der Waals surface area contributed by atoms with Gasteiger partial charge in [-0.05, 0) is 24.8 Å². The minimum Gasteiger partial charge on any atom is -0.354 e. The summed E-state index contributed by atoms with van der Waals surface area (Å²) in [6.45, 7) is 1.20. The minimum absolute atomic E-state index is 0.0992. The van der Waals surface area contributed by atoms with Crippen molar-refractivity contribution < 1.29 is 26.0 Å². The number of hydrogen-bond acceptors (Lipinski definition) is 4. The van der Waals surface area contributed by atoms with Crippen LogP contribution in [0.2, 0.25) is 0 Å². The molecule has 1 aliphatic rings. The Kier molecular flexibility index (Phi) is 5.38.